The lowest BCUT2D eigenvalue weighted by atomic mass is 9.81. The summed E-state index contributed by atoms with van der Waals surface area (Å²) < 4.78 is 6.42. The van der Waals surface area contributed by atoms with Crippen LogP contribution in [0.2, 0.25) is 0 Å². The maximum absolute atomic E-state index is 6.42. The second-order valence-corrected chi connectivity index (χ2v) is 15.5. The van der Waals surface area contributed by atoms with Gasteiger partial charge in [0.1, 0.15) is 11.2 Å². The number of fused-ring (bicyclic) bond motifs is 6. The molecule has 0 unspecified atom stereocenters. The van der Waals surface area contributed by atoms with Crippen molar-refractivity contribution >= 4 is 39.0 Å². The van der Waals surface area contributed by atoms with Crippen molar-refractivity contribution in [1.82, 2.24) is 0 Å². The lowest BCUT2D eigenvalue weighted by Gasteiger charge is -2.27. The number of para-hydroxylation sites is 2. The minimum Gasteiger partial charge on any atom is -0.455 e. The fourth-order valence-corrected chi connectivity index (χ4v) is 8.67. The van der Waals surface area contributed by atoms with E-state index in [2.05, 4.69) is 196 Å². The molecule has 0 radical (unpaired) electrons. The molecule has 9 aromatic rings. The van der Waals surface area contributed by atoms with Gasteiger partial charge in [-0.15, -0.1) is 0 Å². The Morgan fingerprint density at radius 2 is 0.945 bits per heavy atom. The van der Waals surface area contributed by atoms with Crippen molar-refractivity contribution in [2.45, 2.75) is 33.1 Å². The van der Waals surface area contributed by atoms with Crippen molar-refractivity contribution in [3.63, 3.8) is 0 Å². The molecule has 2 heteroatoms. The highest BCUT2D eigenvalue weighted by Gasteiger charge is 2.35. The molecule has 0 amide bonds. The molecule has 0 bridgehead atoms. The summed E-state index contributed by atoms with van der Waals surface area (Å²) in [6.07, 6.45) is 0. The zero-order valence-corrected chi connectivity index (χ0v) is 31.6. The molecule has 0 saturated carbocycles. The lowest BCUT2D eigenvalue weighted by Crippen LogP contribution is -2.15. The van der Waals surface area contributed by atoms with E-state index in [0.29, 0.717) is 0 Å². The Hall–Kier alpha value is -6.64. The van der Waals surface area contributed by atoms with Gasteiger partial charge < -0.3 is 9.32 Å². The molecule has 1 heterocycles. The summed E-state index contributed by atoms with van der Waals surface area (Å²) in [6, 6.07) is 64.3. The second kappa shape index (κ2) is 12.7. The molecule has 2 nitrogen and oxygen atoms in total. The molecule has 264 valence electrons. The molecule has 0 spiro atoms. The predicted molar refractivity (Wildman–Crippen MR) is 232 cm³/mol. The monoisotopic (exact) mass is 707 g/mol. The van der Waals surface area contributed by atoms with Crippen molar-refractivity contribution in [2.24, 2.45) is 0 Å². The maximum atomic E-state index is 6.42. The Morgan fingerprint density at radius 3 is 1.67 bits per heavy atom. The SMILES string of the molecule is Cc1ccc(N(c2ccc(C)cc2)c2ccc(-c3ccc(-c4cccc5c4oc4ccccc45)cc3)c(-c3ccc4c(c3)C(C)(C)c3ccccc3-4)c2)cc1. The van der Waals surface area contributed by atoms with Crippen LogP contribution in [0.5, 0.6) is 0 Å². The predicted octanol–water partition coefficient (Wildman–Crippen LogP) is 15.0. The third kappa shape index (κ3) is 5.48. The summed E-state index contributed by atoms with van der Waals surface area (Å²) in [5, 5.41) is 2.29. The standard InChI is InChI=1S/C53H41NO/c1-34-16-25-39(26-17-34)54(40-27-18-35(2)19-28-40)41-29-31-42(48(33-41)38-24-30-45-44-10-5-7-14-49(44)53(3,4)50(45)32-38)36-20-22-37(23-21-36)43-12-9-13-47-46-11-6-8-15-51(46)55-52(43)47/h5-33H,1-4H3. The summed E-state index contributed by atoms with van der Waals surface area (Å²) in [5.74, 6) is 0. The van der Waals surface area contributed by atoms with Crippen LogP contribution in [0.4, 0.5) is 17.1 Å². The Bertz CT molecular complexity index is 2850. The fraction of sp³-hybridized carbons (Fsp3) is 0.0943. The third-order valence-electron chi connectivity index (χ3n) is 11.7. The quantitative estimate of drug-likeness (QED) is 0.171. The van der Waals surface area contributed by atoms with Gasteiger partial charge in [-0.1, -0.05) is 152 Å². The van der Waals surface area contributed by atoms with E-state index in [4.69, 9.17) is 4.42 Å². The molecule has 1 aliphatic carbocycles. The van der Waals surface area contributed by atoms with Crippen LogP contribution >= 0.6 is 0 Å². The van der Waals surface area contributed by atoms with Gasteiger partial charge in [-0.05, 0) is 112 Å². The first-order valence-electron chi connectivity index (χ1n) is 19.2. The van der Waals surface area contributed by atoms with Gasteiger partial charge in [-0.25, -0.2) is 0 Å². The van der Waals surface area contributed by atoms with Crippen molar-refractivity contribution in [3.8, 4) is 44.5 Å². The van der Waals surface area contributed by atoms with E-state index in [1.807, 2.05) is 12.1 Å². The highest BCUT2D eigenvalue weighted by Crippen LogP contribution is 2.50. The summed E-state index contributed by atoms with van der Waals surface area (Å²) in [7, 11) is 0. The number of hydrogen-bond acceptors (Lipinski definition) is 2. The average Bonchev–Trinajstić information content (AvgIpc) is 3.71. The Balaban J connectivity index is 1.14. The highest BCUT2D eigenvalue weighted by atomic mass is 16.3. The Morgan fingerprint density at radius 1 is 0.400 bits per heavy atom. The molecule has 0 aliphatic heterocycles. The van der Waals surface area contributed by atoms with Crippen LogP contribution in [0.25, 0.3) is 66.4 Å². The molecule has 55 heavy (non-hydrogen) atoms. The zero-order chi connectivity index (χ0) is 37.3. The fourth-order valence-electron chi connectivity index (χ4n) is 8.67. The normalized spacial score (nSPS) is 12.9. The van der Waals surface area contributed by atoms with Crippen molar-refractivity contribution < 1.29 is 4.42 Å². The summed E-state index contributed by atoms with van der Waals surface area (Å²) in [4.78, 5) is 2.37. The first-order chi connectivity index (χ1) is 26.8. The van der Waals surface area contributed by atoms with Crippen molar-refractivity contribution in [3.05, 3.63) is 198 Å². The molecule has 0 N–H and O–H groups in total. The van der Waals surface area contributed by atoms with Crippen molar-refractivity contribution in [1.29, 1.82) is 0 Å². The van der Waals surface area contributed by atoms with E-state index in [-0.39, 0.29) is 5.41 Å². The summed E-state index contributed by atoms with van der Waals surface area (Å²) in [5.41, 5.74) is 20.0. The maximum Gasteiger partial charge on any atom is 0.143 e. The number of aryl methyl sites for hydroxylation is 2. The topological polar surface area (TPSA) is 16.4 Å². The van der Waals surface area contributed by atoms with Gasteiger partial charge in [0.25, 0.3) is 0 Å². The highest BCUT2D eigenvalue weighted by molar-refractivity contribution is 6.09. The minimum atomic E-state index is -0.102. The number of nitrogens with zero attached hydrogens (tertiary/aromatic N) is 1. The van der Waals surface area contributed by atoms with Crippen LogP contribution < -0.4 is 4.90 Å². The smallest absolute Gasteiger partial charge is 0.143 e. The van der Waals surface area contributed by atoms with E-state index < -0.39 is 0 Å². The Labute approximate surface area is 323 Å². The molecule has 0 fully saturated rings. The number of anilines is 3. The van der Waals surface area contributed by atoms with Gasteiger partial charge in [0, 0.05) is 38.8 Å². The van der Waals surface area contributed by atoms with Gasteiger partial charge in [0.15, 0.2) is 0 Å². The molecule has 1 aliphatic rings. The van der Waals surface area contributed by atoms with E-state index >= 15 is 0 Å². The van der Waals surface area contributed by atoms with Crippen molar-refractivity contribution in [2.75, 3.05) is 4.90 Å². The summed E-state index contributed by atoms with van der Waals surface area (Å²) in [6.45, 7) is 9.00. The third-order valence-corrected chi connectivity index (χ3v) is 11.7. The number of furan rings is 1. The largest absolute Gasteiger partial charge is 0.455 e. The molecular weight excluding hydrogens is 667 g/mol. The zero-order valence-electron chi connectivity index (χ0n) is 31.6. The minimum absolute atomic E-state index is 0.102. The molecule has 0 saturated heterocycles. The molecular formula is C53H41NO. The first kappa shape index (κ1) is 33.0. The van der Waals surface area contributed by atoms with Crippen LogP contribution in [-0.2, 0) is 5.41 Å². The van der Waals surface area contributed by atoms with Gasteiger partial charge in [-0.3, -0.25) is 0 Å². The van der Waals surface area contributed by atoms with Gasteiger partial charge in [0.2, 0.25) is 0 Å². The van der Waals surface area contributed by atoms with E-state index in [0.717, 1.165) is 50.1 Å². The van der Waals surface area contributed by atoms with Gasteiger partial charge >= 0.3 is 0 Å². The van der Waals surface area contributed by atoms with E-state index in [1.165, 1.54) is 55.6 Å². The van der Waals surface area contributed by atoms with Crippen LogP contribution in [-0.4, -0.2) is 0 Å². The number of benzene rings is 8. The van der Waals surface area contributed by atoms with Crippen LogP contribution in [0.15, 0.2) is 180 Å². The van der Waals surface area contributed by atoms with Crippen LogP contribution in [0, 0.1) is 13.8 Å². The Kier molecular flexibility index (Phi) is 7.64. The van der Waals surface area contributed by atoms with Gasteiger partial charge in [0.05, 0.1) is 0 Å². The van der Waals surface area contributed by atoms with E-state index in [1.54, 1.807) is 0 Å². The molecule has 8 aromatic carbocycles. The average molecular weight is 708 g/mol. The van der Waals surface area contributed by atoms with Crippen LogP contribution in [0.1, 0.15) is 36.1 Å². The van der Waals surface area contributed by atoms with E-state index in [9.17, 15) is 0 Å². The molecule has 0 atom stereocenters. The van der Waals surface area contributed by atoms with Crippen LogP contribution in [0.3, 0.4) is 0 Å². The second-order valence-electron chi connectivity index (χ2n) is 15.5. The van der Waals surface area contributed by atoms with Gasteiger partial charge in [-0.2, -0.15) is 0 Å². The number of hydrogen-bond donors (Lipinski definition) is 0. The lowest BCUT2D eigenvalue weighted by molar-refractivity contribution is 0.660. The first-order valence-corrected chi connectivity index (χ1v) is 19.2. The number of rotatable bonds is 6. The summed E-state index contributed by atoms with van der Waals surface area (Å²) >= 11 is 0. The molecule has 1 aromatic heterocycles. The molecule has 10 rings (SSSR count).